The van der Waals surface area contributed by atoms with Crippen LogP contribution >= 0.6 is 24.0 Å². The monoisotopic (exact) mass is 424 g/mol. The van der Waals surface area contributed by atoms with E-state index in [1.807, 2.05) is 0 Å². The fourth-order valence-electron chi connectivity index (χ4n) is 2.72. The zero-order valence-corrected chi connectivity index (χ0v) is 16.0. The molecule has 7 heteroatoms. The molecule has 1 aliphatic carbocycles. The molecule has 0 aromatic rings. The summed E-state index contributed by atoms with van der Waals surface area (Å²) in [6.45, 7) is 1.79. The number of hydrogen-bond donors (Lipinski definition) is 2. The topological polar surface area (TPSA) is 66.0 Å². The number of amides is 1. The van der Waals surface area contributed by atoms with Gasteiger partial charge in [0, 0.05) is 39.4 Å². The lowest BCUT2D eigenvalue weighted by molar-refractivity contribution is -0.127. The molecule has 1 aliphatic heterocycles. The van der Waals surface area contributed by atoms with Crippen molar-refractivity contribution >= 4 is 35.8 Å². The van der Waals surface area contributed by atoms with Crippen LogP contribution in [0.4, 0.5) is 0 Å². The first-order valence-corrected chi connectivity index (χ1v) is 8.00. The Hall–Kier alpha value is -0.570. The fraction of sp³-hybridized carbons (Fsp3) is 0.867. The standard InChI is InChI=1S/C15H28N4O2.HI/c1-19(2)14(20)11-16-15(17-12-5-3-4-6-12)18-13-7-9-21-10-8-13;/h12-13H,3-11H2,1-2H3,(H2,16,17,18);1H. The molecule has 1 amide bonds. The van der Waals surface area contributed by atoms with E-state index in [2.05, 4.69) is 15.6 Å². The Kier molecular flexibility index (Phi) is 9.08. The second-order valence-corrected chi connectivity index (χ2v) is 6.11. The normalized spacial score (nSPS) is 20.4. The van der Waals surface area contributed by atoms with Crippen molar-refractivity contribution in [2.24, 2.45) is 4.99 Å². The zero-order chi connectivity index (χ0) is 15.1. The highest BCUT2D eigenvalue weighted by Crippen LogP contribution is 2.17. The van der Waals surface area contributed by atoms with Crippen LogP contribution in [0.2, 0.25) is 0 Å². The molecule has 1 heterocycles. The second-order valence-electron chi connectivity index (χ2n) is 6.11. The quantitative estimate of drug-likeness (QED) is 0.406. The lowest BCUT2D eigenvalue weighted by Gasteiger charge is -2.26. The van der Waals surface area contributed by atoms with Crippen LogP contribution < -0.4 is 10.6 Å². The third kappa shape index (κ3) is 6.68. The molecule has 0 aromatic heterocycles. The predicted molar refractivity (Wildman–Crippen MR) is 98.8 cm³/mol. The van der Waals surface area contributed by atoms with E-state index in [1.165, 1.54) is 25.7 Å². The minimum Gasteiger partial charge on any atom is -0.381 e. The summed E-state index contributed by atoms with van der Waals surface area (Å²) in [6.07, 6.45) is 6.92. The maximum atomic E-state index is 11.7. The van der Waals surface area contributed by atoms with Gasteiger partial charge in [0.1, 0.15) is 6.54 Å². The van der Waals surface area contributed by atoms with Crippen molar-refractivity contribution in [3.63, 3.8) is 0 Å². The van der Waals surface area contributed by atoms with Crippen LogP contribution in [0.1, 0.15) is 38.5 Å². The van der Waals surface area contributed by atoms with Crippen molar-refractivity contribution in [2.45, 2.75) is 50.6 Å². The van der Waals surface area contributed by atoms with Crippen LogP contribution in [0, 0.1) is 0 Å². The van der Waals surface area contributed by atoms with Crippen molar-refractivity contribution in [3.05, 3.63) is 0 Å². The molecular weight excluding hydrogens is 395 g/mol. The third-order valence-corrected chi connectivity index (χ3v) is 4.13. The van der Waals surface area contributed by atoms with E-state index in [4.69, 9.17) is 4.74 Å². The smallest absolute Gasteiger partial charge is 0.243 e. The molecule has 2 rings (SSSR count). The van der Waals surface area contributed by atoms with Crippen LogP contribution in [0.5, 0.6) is 0 Å². The third-order valence-electron chi connectivity index (χ3n) is 4.13. The highest BCUT2D eigenvalue weighted by atomic mass is 127. The van der Waals surface area contributed by atoms with Crippen molar-refractivity contribution < 1.29 is 9.53 Å². The number of halogens is 1. The molecule has 0 radical (unpaired) electrons. The Morgan fingerprint density at radius 1 is 1.09 bits per heavy atom. The summed E-state index contributed by atoms with van der Waals surface area (Å²) < 4.78 is 5.38. The summed E-state index contributed by atoms with van der Waals surface area (Å²) in [5, 5.41) is 6.95. The predicted octanol–water partition coefficient (Wildman–Crippen LogP) is 1.35. The second kappa shape index (κ2) is 10.3. The van der Waals surface area contributed by atoms with Gasteiger partial charge in [-0.25, -0.2) is 4.99 Å². The first-order chi connectivity index (χ1) is 10.1. The van der Waals surface area contributed by atoms with Crippen molar-refractivity contribution in [1.29, 1.82) is 0 Å². The lowest BCUT2D eigenvalue weighted by atomic mass is 10.1. The van der Waals surface area contributed by atoms with Gasteiger partial charge in [-0.3, -0.25) is 4.79 Å². The zero-order valence-electron chi connectivity index (χ0n) is 13.6. The summed E-state index contributed by atoms with van der Waals surface area (Å²) in [7, 11) is 3.52. The molecule has 22 heavy (non-hydrogen) atoms. The number of likely N-dealkylation sites (N-methyl/N-ethyl adjacent to an activating group) is 1. The van der Waals surface area contributed by atoms with E-state index in [0.29, 0.717) is 12.1 Å². The number of ether oxygens (including phenoxy) is 1. The number of hydrogen-bond acceptors (Lipinski definition) is 3. The number of nitrogens with one attached hydrogen (secondary N) is 2. The summed E-state index contributed by atoms with van der Waals surface area (Å²) in [5.41, 5.74) is 0. The van der Waals surface area contributed by atoms with Crippen LogP contribution in [0.3, 0.4) is 0 Å². The molecule has 128 valence electrons. The van der Waals surface area contributed by atoms with Gasteiger partial charge in [0.05, 0.1) is 0 Å². The molecular formula is C15H29IN4O2. The average Bonchev–Trinajstić information content (AvgIpc) is 2.98. The van der Waals surface area contributed by atoms with Gasteiger partial charge in [0.25, 0.3) is 0 Å². The highest BCUT2D eigenvalue weighted by Gasteiger charge is 2.20. The number of carbonyl (C=O) groups is 1. The number of aliphatic imine (C=N–C) groups is 1. The minimum atomic E-state index is 0. The largest absolute Gasteiger partial charge is 0.381 e. The minimum absolute atomic E-state index is 0. The van der Waals surface area contributed by atoms with E-state index in [0.717, 1.165) is 32.0 Å². The van der Waals surface area contributed by atoms with Gasteiger partial charge in [0.2, 0.25) is 5.91 Å². The molecule has 0 bridgehead atoms. The van der Waals surface area contributed by atoms with Gasteiger partial charge >= 0.3 is 0 Å². The molecule has 2 aliphatic rings. The number of nitrogens with zero attached hydrogens (tertiary/aromatic N) is 2. The van der Waals surface area contributed by atoms with Crippen molar-refractivity contribution in [2.75, 3.05) is 33.9 Å². The molecule has 0 aromatic carbocycles. The van der Waals surface area contributed by atoms with Crippen LogP contribution in [-0.4, -0.2) is 62.7 Å². The number of carbonyl (C=O) groups excluding carboxylic acids is 1. The number of rotatable bonds is 4. The van der Waals surface area contributed by atoms with Gasteiger partial charge in [-0.2, -0.15) is 0 Å². The molecule has 0 atom stereocenters. The first kappa shape index (κ1) is 19.5. The maximum absolute atomic E-state index is 11.7. The molecule has 2 N–H and O–H groups in total. The molecule has 1 saturated carbocycles. The molecule has 1 saturated heterocycles. The Bertz CT molecular complexity index is 365. The summed E-state index contributed by atoms with van der Waals surface area (Å²) in [5.74, 6) is 0.804. The summed E-state index contributed by atoms with van der Waals surface area (Å²) in [6, 6.07) is 0.881. The van der Waals surface area contributed by atoms with E-state index in [9.17, 15) is 4.79 Å². The van der Waals surface area contributed by atoms with Crippen LogP contribution in [-0.2, 0) is 9.53 Å². The first-order valence-electron chi connectivity index (χ1n) is 8.00. The van der Waals surface area contributed by atoms with Crippen molar-refractivity contribution in [1.82, 2.24) is 15.5 Å². The molecule has 0 unspecified atom stereocenters. The van der Waals surface area contributed by atoms with E-state index < -0.39 is 0 Å². The van der Waals surface area contributed by atoms with Gasteiger partial charge in [-0.15, -0.1) is 24.0 Å². The SMILES string of the molecule is CN(C)C(=O)CN=C(NC1CCCC1)NC1CCOCC1.I. The molecule has 6 nitrogen and oxygen atoms in total. The highest BCUT2D eigenvalue weighted by molar-refractivity contribution is 14.0. The fourth-order valence-corrected chi connectivity index (χ4v) is 2.72. The summed E-state index contributed by atoms with van der Waals surface area (Å²) in [4.78, 5) is 17.8. The van der Waals surface area contributed by atoms with E-state index >= 15 is 0 Å². The van der Waals surface area contributed by atoms with Gasteiger partial charge < -0.3 is 20.3 Å². The van der Waals surface area contributed by atoms with Crippen molar-refractivity contribution in [3.8, 4) is 0 Å². The molecule has 0 spiro atoms. The van der Waals surface area contributed by atoms with Gasteiger partial charge in [-0.05, 0) is 25.7 Å². The number of guanidine groups is 1. The van der Waals surface area contributed by atoms with Gasteiger partial charge in [-0.1, -0.05) is 12.8 Å². The van der Waals surface area contributed by atoms with E-state index in [1.54, 1.807) is 19.0 Å². The van der Waals surface area contributed by atoms with Crippen LogP contribution in [0.25, 0.3) is 0 Å². The Balaban J connectivity index is 0.00000242. The van der Waals surface area contributed by atoms with Gasteiger partial charge in [0.15, 0.2) is 5.96 Å². The Morgan fingerprint density at radius 2 is 1.64 bits per heavy atom. The summed E-state index contributed by atoms with van der Waals surface area (Å²) >= 11 is 0. The Morgan fingerprint density at radius 3 is 2.18 bits per heavy atom. The lowest BCUT2D eigenvalue weighted by Crippen LogP contribution is -2.48. The Labute approximate surface area is 150 Å². The van der Waals surface area contributed by atoms with Crippen LogP contribution in [0.15, 0.2) is 4.99 Å². The molecule has 2 fully saturated rings. The van der Waals surface area contributed by atoms with E-state index in [-0.39, 0.29) is 36.4 Å². The maximum Gasteiger partial charge on any atom is 0.243 e. The average molecular weight is 424 g/mol.